The van der Waals surface area contributed by atoms with E-state index in [-0.39, 0.29) is 0 Å². The molecule has 0 aliphatic carbocycles. The number of aromatic nitrogens is 2. The van der Waals surface area contributed by atoms with E-state index in [9.17, 15) is 0 Å². The van der Waals surface area contributed by atoms with Gasteiger partial charge in [-0.1, -0.05) is 37.6 Å². The van der Waals surface area contributed by atoms with Gasteiger partial charge in [0.25, 0.3) is 0 Å². The third-order valence-electron chi connectivity index (χ3n) is 4.70. The lowest BCUT2D eigenvalue weighted by Crippen LogP contribution is -2.06. The van der Waals surface area contributed by atoms with Gasteiger partial charge in [0.1, 0.15) is 5.52 Å². The van der Waals surface area contributed by atoms with Crippen LogP contribution in [0.1, 0.15) is 37.1 Å². The fraction of sp³-hybridized carbons (Fsp3) is 0.381. The van der Waals surface area contributed by atoms with Crippen molar-refractivity contribution in [3.8, 4) is 5.88 Å². The molecule has 0 saturated heterocycles. The molecule has 0 N–H and O–H groups in total. The normalized spacial score (nSPS) is 11.4. The van der Waals surface area contributed by atoms with E-state index in [4.69, 9.17) is 16.3 Å². The first-order valence-corrected chi connectivity index (χ1v) is 9.16. The summed E-state index contributed by atoms with van der Waals surface area (Å²) < 4.78 is 8.34. The molecule has 3 rings (SSSR count). The van der Waals surface area contributed by atoms with Crippen LogP contribution in [-0.2, 0) is 6.54 Å². The summed E-state index contributed by atoms with van der Waals surface area (Å²) in [5, 5.41) is 1.97. The lowest BCUT2D eigenvalue weighted by Gasteiger charge is -2.13. The van der Waals surface area contributed by atoms with E-state index in [0.717, 1.165) is 29.4 Å². The quantitative estimate of drug-likeness (QED) is 0.559. The molecule has 132 valence electrons. The van der Waals surface area contributed by atoms with Gasteiger partial charge in [0.05, 0.1) is 6.61 Å². The molecule has 0 amide bonds. The summed E-state index contributed by atoms with van der Waals surface area (Å²) >= 11 is 6.02. The topological polar surface area (TPSA) is 27.1 Å². The molecule has 3 aromatic rings. The average molecular weight is 357 g/mol. The molecule has 1 aromatic carbocycles. The molecule has 3 nitrogen and oxygen atoms in total. The molecule has 25 heavy (non-hydrogen) atoms. The van der Waals surface area contributed by atoms with E-state index < -0.39 is 0 Å². The van der Waals surface area contributed by atoms with Gasteiger partial charge in [-0.2, -0.15) is 0 Å². The number of fused-ring (bicyclic) bond motifs is 1. The van der Waals surface area contributed by atoms with Crippen LogP contribution in [0, 0.1) is 19.8 Å². The Hall–Kier alpha value is -2.00. The van der Waals surface area contributed by atoms with Gasteiger partial charge in [-0.15, -0.1) is 0 Å². The Morgan fingerprint density at radius 3 is 2.52 bits per heavy atom. The molecule has 0 spiro atoms. The monoisotopic (exact) mass is 356 g/mol. The molecular weight excluding hydrogens is 332 g/mol. The van der Waals surface area contributed by atoms with Crippen LogP contribution in [0.25, 0.3) is 10.9 Å². The molecule has 0 radical (unpaired) electrons. The van der Waals surface area contributed by atoms with Gasteiger partial charge >= 0.3 is 0 Å². The summed E-state index contributed by atoms with van der Waals surface area (Å²) in [7, 11) is 0. The highest BCUT2D eigenvalue weighted by atomic mass is 35.5. The first kappa shape index (κ1) is 17.8. The van der Waals surface area contributed by atoms with Crippen molar-refractivity contribution >= 4 is 22.5 Å². The van der Waals surface area contributed by atoms with Crippen molar-refractivity contribution < 1.29 is 4.74 Å². The first-order valence-electron chi connectivity index (χ1n) is 8.79. The number of hydrogen-bond donors (Lipinski definition) is 0. The summed E-state index contributed by atoms with van der Waals surface area (Å²) in [6.07, 6.45) is 2.86. The maximum atomic E-state index is 6.04. The Morgan fingerprint density at radius 2 is 1.84 bits per heavy atom. The van der Waals surface area contributed by atoms with Gasteiger partial charge in [-0.05, 0) is 55.5 Å². The average Bonchev–Trinajstić information content (AvgIpc) is 2.82. The Bertz CT molecular complexity index is 866. The van der Waals surface area contributed by atoms with E-state index in [2.05, 4.69) is 55.4 Å². The SMILES string of the molecule is Cc1c(C)n(Cc2ccc(Cl)cc2)c2c(OCCC(C)C)nccc12. The van der Waals surface area contributed by atoms with E-state index in [1.54, 1.807) is 0 Å². The minimum Gasteiger partial charge on any atom is -0.476 e. The van der Waals surface area contributed by atoms with Crippen molar-refractivity contribution in [2.45, 2.75) is 40.7 Å². The third-order valence-corrected chi connectivity index (χ3v) is 4.95. The maximum absolute atomic E-state index is 6.04. The van der Waals surface area contributed by atoms with Crippen LogP contribution < -0.4 is 4.74 Å². The summed E-state index contributed by atoms with van der Waals surface area (Å²) in [6.45, 7) is 10.2. The van der Waals surface area contributed by atoms with Crippen molar-refractivity contribution in [3.05, 3.63) is 58.4 Å². The van der Waals surface area contributed by atoms with Gasteiger partial charge < -0.3 is 9.30 Å². The summed E-state index contributed by atoms with van der Waals surface area (Å²) in [6, 6.07) is 10.1. The predicted octanol–water partition coefficient (Wildman–Crippen LogP) is 5.78. The molecule has 2 heterocycles. The number of pyridine rings is 1. The number of rotatable bonds is 6. The minimum absolute atomic E-state index is 0.614. The number of benzene rings is 1. The largest absolute Gasteiger partial charge is 0.476 e. The van der Waals surface area contributed by atoms with Crippen molar-refractivity contribution in [2.24, 2.45) is 5.92 Å². The summed E-state index contributed by atoms with van der Waals surface area (Å²) in [5.74, 6) is 1.34. The van der Waals surface area contributed by atoms with Gasteiger partial charge in [0.15, 0.2) is 0 Å². The lowest BCUT2D eigenvalue weighted by atomic mass is 10.1. The van der Waals surface area contributed by atoms with Crippen LogP contribution >= 0.6 is 11.6 Å². The van der Waals surface area contributed by atoms with E-state index in [0.29, 0.717) is 12.5 Å². The Morgan fingerprint density at radius 1 is 1.12 bits per heavy atom. The number of hydrogen-bond acceptors (Lipinski definition) is 2. The van der Waals surface area contributed by atoms with Gasteiger partial charge in [-0.3, -0.25) is 0 Å². The Kier molecular flexibility index (Phi) is 5.33. The van der Waals surface area contributed by atoms with Crippen LogP contribution in [0.15, 0.2) is 36.5 Å². The molecule has 0 saturated carbocycles. The highest BCUT2D eigenvalue weighted by Gasteiger charge is 2.16. The molecule has 0 aliphatic heterocycles. The van der Waals surface area contributed by atoms with Gasteiger partial charge in [-0.25, -0.2) is 4.98 Å². The van der Waals surface area contributed by atoms with E-state index >= 15 is 0 Å². The zero-order chi connectivity index (χ0) is 18.0. The third kappa shape index (κ3) is 3.82. The van der Waals surface area contributed by atoms with Crippen molar-refractivity contribution in [1.82, 2.24) is 9.55 Å². The van der Waals surface area contributed by atoms with E-state index in [1.165, 1.54) is 22.2 Å². The van der Waals surface area contributed by atoms with E-state index in [1.807, 2.05) is 18.3 Å². The second-order valence-electron chi connectivity index (χ2n) is 6.97. The molecular formula is C21H25ClN2O. The van der Waals surface area contributed by atoms with Crippen molar-refractivity contribution in [3.63, 3.8) is 0 Å². The number of ether oxygens (including phenoxy) is 1. The van der Waals surface area contributed by atoms with Crippen molar-refractivity contribution in [1.29, 1.82) is 0 Å². The fourth-order valence-corrected chi connectivity index (χ4v) is 3.16. The molecule has 0 bridgehead atoms. The van der Waals surface area contributed by atoms with Crippen LogP contribution in [-0.4, -0.2) is 16.2 Å². The molecule has 4 heteroatoms. The summed E-state index contributed by atoms with van der Waals surface area (Å²) in [5.41, 5.74) is 4.81. The zero-order valence-electron chi connectivity index (χ0n) is 15.3. The molecule has 2 aromatic heterocycles. The van der Waals surface area contributed by atoms with Crippen molar-refractivity contribution in [2.75, 3.05) is 6.61 Å². The molecule has 0 atom stereocenters. The summed E-state index contributed by atoms with van der Waals surface area (Å²) in [4.78, 5) is 4.51. The first-order chi connectivity index (χ1) is 12.0. The number of halogens is 1. The fourth-order valence-electron chi connectivity index (χ4n) is 3.03. The van der Waals surface area contributed by atoms with Gasteiger partial charge in [0, 0.05) is 28.8 Å². The number of nitrogens with zero attached hydrogens (tertiary/aromatic N) is 2. The second-order valence-corrected chi connectivity index (χ2v) is 7.40. The van der Waals surface area contributed by atoms with Crippen LogP contribution in [0.5, 0.6) is 5.88 Å². The standard InChI is InChI=1S/C21H25ClN2O/c1-14(2)10-12-25-21-20-19(9-11-23-21)15(3)16(4)24(20)13-17-5-7-18(22)8-6-17/h5-9,11,14H,10,12-13H2,1-4H3. The minimum atomic E-state index is 0.614. The smallest absolute Gasteiger partial charge is 0.238 e. The van der Waals surface area contributed by atoms with Gasteiger partial charge in [0.2, 0.25) is 5.88 Å². The number of aryl methyl sites for hydroxylation is 1. The Balaban J connectivity index is 2.01. The highest BCUT2D eigenvalue weighted by Crippen LogP contribution is 2.31. The maximum Gasteiger partial charge on any atom is 0.238 e. The molecule has 0 aliphatic rings. The molecule has 0 unspecified atom stereocenters. The second kappa shape index (κ2) is 7.49. The Labute approximate surface area is 154 Å². The predicted molar refractivity (Wildman–Crippen MR) is 105 cm³/mol. The van der Waals surface area contributed by atoms with Crippen LogP contribution in [0.3, 0.4) is 0 Å². The lowest BCUT2D eigenvalue weighted by molar-refractivity contribution is 0.281. The highest BCUT2D eigenvalue weighted by molar-refractivity contribution is 6.30. The van der Waals surface area contributed by atoms with Crippen LogP contribution in [0.2, 0.25) is 5.02 Å². The zero-order valence-corrected chi connectivity index (χ0v) is 16.1. The van der Waals surface area contributed by atoms with Crippen LogP contribution in [0.4, 0.5) is 0 Å². The molecule has 0 fully saturated rings.